The number of aromatic amines is 1. The maximum absolute atomic E-state index is 14.2. The normalized spacial score (nSPS) is 15.9. The summed E-state index contributed by atoms with van der Waals surface area (Å²) in [5.74, 6) is -1.61. The summed E-state index contributed by atoms with van der Waals surface area (Å²) in [6.07, 6.45) is 5.80. The van der Waals surface area contributed by atoms with Crippen molar-refractivity contribution in [2.75, 3.05) is 0 Å². The summed E-state index contributed by atoms with van der Waals surface area (Å²) in [5.41, 5.74) is 0.531. The molecule has 0 saturated carbocycles. The fourth-order valence-electron chi connectivity index (χ4n) is 6.43. The molecule has 16 heteroatoms. The monoisotopic (exact) mass is 691 g/mol. The first-order chi connectivity index (χ1) is 25.3. The van der Waals surface area contributed by atoms with Gasteiger partial charge in [-0.3, -0.25) is 4.98 Å². The van der Waals surface area contributed by atoms with E-state index in [4.69, 9.17) is 9.47 Å². The van der Waals surface area contributed by atoms with Gasteiger partial charge in [0.15, 0.2) is 22.5 Å². The number of azo groups is 2. The van der Waals surface area contributed by atoms with Gasteiger partial charge in [-0.05, 0) is 42.5 Å². The minimum absolute atomic E-state index is 0.0196. The highest BCUT2D eigenvalue weighted by Gasteiger charge is 2.55. The predicted molar refractivity (Wildman–Crippen MR) is 181 cm³/mol. The zero-order valence-electron chi connectivity index (χ0n) is 26.3. The molecule has 1 spiro atoms. The van der Waals surface area contributed by atoms with Gasteiger partial charge in [0.1, 0.15) is 52.1 Å². The Labute approximate surface area is 291 Å². The van der Waals surface area contributed by atoms with Crippen LogP contribution in [0.2, 0.25) is 0 Å². The van der Waals surface area contributed by atoms with Crippen LogP contribution < -0.4 is 4.74 Å². The molecule has 0 radical (unpaired) electrons. The molecular formula is C36H21N9O7. The van der Waals surface area contributed by atoms with E-state index in [0.717, 1.165) is 0 Å². The molecule has 0 aliphatic carbocycles. The molecule has 3 aromatic heterocycles. The Bertz CT molecular complexity index is 2680. The van der Waals surface area contributed by atoms with Crippen LogP contribution in [0.25, 0.3) is 22.3 Å². The largest absolute Gasteiger partial charge is 0.508 e. The molecule has 0 amide bonds. The van der Waals surface area contributed by atoms with Gasteiger partial charge in [0, 0.05) is 35.0 Å². The molecule has 52 heavy (non-hydrogen) atoms. The average molecular weight is 692 g/mol. The summed E-state index contributed by atoms with van der Waals surface area (Å²) in [4.78, 5) is 33.4. The molecule has 0 saturated heterocycles. The molecule has 5 heterocycles. The van der Waals surface area contributed by atoms with E-state index in [1.807, 2.05) is 0 Å². The predicted octanol–water partition coefficient (Wildman–Crippen LogP) is 7.64. The first-order valence-corrected chi connectivity index (χ1v) is 15.5. The minimum atomic E-state index is -1.72. The molecule has 5 N–H and O–H groups in total. The lowest BCUT2D eigenvalue weighted by Crippen LogP contribution is -2.32. The third-order valence-corrected chi connectivity index (χ3v) is 8.69. The Kier molecular flexibility index (Phi) is 6.65. The fraction of sp³-hybridized carbons (Fsp3) is 0.0278. The van der Waals surface area contributed by atoms with E-state index in [2.05, 4.69) is 45.4 Å². The van der Waals surface area contributed by atoms with Crippen molar-refractivity contribution in [3.63, 3.8) is 0 Å². The van der Waals surface area contributed by atoms with Crippen LogP contribution in [-0.2, 0) is 10.3 Å². The van der Waals surface area contributed by atoms with E-state index < -0.39 is 17.3 Å². The van der Waals surface area contributed by atoms with Crippen molar-refractivity contribution in [3.8, 4) is 45.6 Å². The van der Waals surface area contributed by atoms with Crippen molar-refractivity contribution in [1.82, 2.24) is 24.9 Å². The van der Waals surface area contributed by atoms with Crippen molar-refractivity contribution in [1.29, 1.82) is 0 Å². The van der Waals surface area contributed by atoms with Crippen LogP contribution in [0.3, 0.4) is 0 Å². The van der Waals surface area contributed by atoms with Crippen LogP contribution in [0.4, 0.5) is 22.9 Å². The number of benzene rings is 4. The minimum Gasteiger partial charge on any atom is -0.508 e. The second kappa shape index (κ2) is 11.4. The van der Waals surface area contributed by atoms with Crippen LogP contribution in [0.1, 0.15) is 27.0 Å². The molecule has 2 aliphatic rings. The van der Waals surface area contributed by atoms with Crippen molar-refractivity contribution < 1.29 is 34.7 Å². The van der Waals surface area contributed by atoms with E-state index >= 15 is 0 Å². The van der Waals surface area contributed by atoms with Gasteiger partial charge in [0.25, 0.3) is 0 Å². The van der Waals surface area contributed by atoms with Crippen LogP contribution in [0.5, 0.6) is 34.5 Å². The number of ether oxygens (including phenoxy) is 2. The number of hydrogen-bond donors (Lipinski definition) is 5. The quantitative estimate of drug-likeness (QED) is 0.0869. The van der Waals surface area contributed by atoms with Gasteiger partial charge in [0.05, 0.1) is 29.2 Å². The lowest BCUT2D eigenvalue weighted by molar-refractivity contribution is 0.0224. The van der Waals surface area contributed by atoms with Crippen molar-refractivity contribution in [3.05, 3.63) is 120 Å². The molecule has 1 unspecified atom stereocenters. The average Bonchev–Trinajstić information content (AvgIpc) is 3.75. The summed E-state index contributed by atoms with van der Waals surface area (Å²) in [6.45, 7) is 0. The van der Waals surface area contributed by atoms with Crippen molar-refractivity contribution in [2.45, 2.75) is 5.60 Å². The molecule has 7 aromatic rings. The standard InChI is InChI=1S/C36H21N9O7/c46-18-6-7-20-27(11-18)51-28-13-26(48)24(44-45-34-31-33(39-15-38-31)40-16-41-34)12-22(28)36(20)21-5-1-4-19(29(21)35(50)52-36)30-25(47)9-8-23(32(30)49)43-42-17-3-2-10-37-14-17/h1-16,46-49H,(H,38,39,40,41)/b43-42+,45-44+. The number of phenolic OH excluding ortho intramolecular Hbond substituents is 4. The number of fused-ring (bicyclic) bond motifs is 7. The lowest BCUT2D eigenvalue weighted by Gasteiger charge is -2.36. The number of phenols is 4. The molecular weight excluding hydrogens is 670 g/mol. The van der Waals surface area contributed by atoms with Gasteiger partial charge < -0.3 is 34.9 Å². The number of pyridine rings is 1. The Morgan fingerprint density at radius 1 is 0.731 bits per heavy atom. The maximum Gasteiger partial charge on any atom is 0.340 e. The number of rotatable bonds is 5. The number of aromatic nitrogens is 5. The van der Waals surface area contributed by atoms with Crippen molar-refractivity contribution >= 4 is 40.0 Å². The second-order valence-corrected chi connectivity index (χ2v) is 11.7. The summed E-state index contributed by atoms with van der Waals surface area (Å²) in [7, 11) is 0. The molecule has 1 atom stereocenters. The van der Waals surface area contributed by atoms with Crippen LogP contribution in [-0.4, -0.2) is 51.3 Å². The number of aromatic hydroxyl groups is 4. The number of H-pyrrole nitrogens is 1. The van der Waals surface area contributed by atoms with Gasteiger partial charge in [-0.15, -0.1) is 20.5 Å². The highest BCUT2D eigenvalue weighted by Crippen LogP contribution is 2.60. The Balaban J connectivity index is 1.23. The third-order valence-electron chi connectivity index (χ3n) is 8.69. The lowest BCUT2D eigenvalue weighted by atomic mass is 9.76. The number of nitrogens with one attached hydrogen (secondary N) is 1. The first-order valence-electron chi connectivity index (χ1n) is 15.5. The van der Waals surface area contributed by atoms with E-state index in [0.29, 0.717) is 28.0 Å². The van der Waals surface area contributed by atoms with E-state index in [9.17, 15) is 25.2 Å². The summed E-state index contributed by atoms with van der Waals surface area (Å²) in [5, 5.41) is 60.7. The Morgan fingerprint density at radius 3 is 2.46 bits per heavy atom. The van der Waals surface area contributed by atoms with E-state index in [1.165, 1.54) is 55.2 Å². The van der Waals surface area contributed by atoms with Crippen LogP contribution in [0, 0.1) is 0 Å². The zero-order valence-corrected chi connectivity index (χ0v) is 26.3. The van der Waals surface area contributed by atoms with Crippen LogP contribution in [0.15, 0.2) is 118 Å². The molecule has 4 aromatic carbocycles. The fourth-order valence-corrected chi connectivity index (χ4v) is 6.43. The topological polar surface area (TPSA) is 233 Å². The first kappa shape index (κ1) is 30.3. The number of imidazole rings is 1. The van der Waals surface area contributed by atoms with Crippen molar-refractivity contribution in [2.24, 2.45) is 20.5 Å². The number of nitrogens with zero attached hydrogens (tertiary/aromatic N) is 8. The Hall–Kier alpha value is -7.75. The summed E-state index contributed by atoms with van der Waals surface area (Å²) in [6, 6.07) is 18.0. The van der Waals surface area contributed by atoms with Gasteiger partial charge in [-0.2, -0.15) is 0 Å². The molecule has 0 bridgehead atoms. The molecule has 252 valence electrons. The van der Waals surface area contributed by atoms with E-state index in [-0.39, 0.29) is 68.2 Å². The maximum atomic E-state index is 14.2. The number of carbonyl (C=O) groups excluding carboxylic acids is 1. The number of esters is 1. The summed E-state index contributed by atoms with van der Waals surface area (Å²) < 4.78 is 12.5. The smallest absolute Gasteiger partial charge is 0.340 e. The van der Waals surface area contributed by atoms with E-state index in [1.54, 1.807) is 42.6 Å². The SMILES string of the molecule is O=C1OC2(c3ccc(O)cc3Oc3cc(O)c(/N=N/c4ncnc5[nH]cnc45)cc32)c2cccc(-c3c(O)ccc(/N=N/c4cccnc4)c3O)c21. The summed E-state index contributed by atoms with van der Waals surface area (Å²) >= 11 is 0. The highest BCUT2D eigenvalue weighted by atomic mass is 16.6. The Morgan fingerprint density at radius 2 is 1.60 bits per heavy atom. The zero-order chi connectivity index (χ0) is 35.6. The van der Waals surface area contributed by atoms with Gasteiger partial charge >= 0.3 is 5.97 Å². The third kappa shape index (κ3) is 4.58. The highest BCUT2D eigenvalue weighted by molar-refractivity contribution is 6.05. The second-order valence-electron chi connectivity index (χ2n) is 11.7. The van der Waals surface area contributed by atoms with Gasteiger partial charge in [-0.1, -0.05) is 18.2 Å². The molecule has 9 rings (SSSR count). The number of hydrogen-bond acceptors (Lipinski definition) is 15. The molecule has 16 nitrogen and oxygen atoms in total. The van der Waals surface area contributed by atoms with Gasteiger partial charge in [0.2, 0.25) is 5.82 Å². The van der Waals surface area contributed by atoms with Gasteiger partial charge in [-0.25, -0.2) is 19.7 Å². The number of carbonyl (C=O) groups is 1. The van der Waals surface area contributed by atoms with Crippen LogP contribution >= 0.6 is 0 Å². The molecule has 0 fully saturated rings. The molecule has 2 aliphatic heterocycles.